The van der Waals surface area contributed by atoms with Crippen molar-refractivity contribution >= 4 is 0 Å². The Morgan fingerprint density at radius 3 is 2.88 bits per heavy atom. The highest BCUT2D eigenvalue weighted by Crippen LogP contribution is 2.28. The van der Waals surface area contributed by atoms with Crippen molar-refractivity contribution in [1.82, 2.24) is 20.3 Å². The van der Waals surface area contributed by atoms with E-state index in [1.807, 2.05) is 0 Å². The number of likely N-dealkylation sites (N-methyl/N-ethyl adjacent to an activating group) is 1. The summed E-state index contributed by atoms with van der Waals surface area (Å²) in [4.78, 5) is 2.53. The molecule has 1 atom stereocenters. The molecule has 0 aromatic carbocycles. The number of allylic oxidation sites excluding steroid dienone is 3. The fourth-order valence-corrected chi connectivity index (χ4v) is 2.32. The lowest BCUT2D eigenvalue weighted by Crippen LogP contribution is -2.35. The molecule has 3 rings (SSSR count). The molecule has 4 nitrogen and oxygen atoms in total. The van der Waals surface area contributed by atoms with Crippen molar-refractivity contribution in [2.45, 2.75) is 19.8 Å². The van der Waals surface area contributed by atoms with Gasteiger partial charge in [-0.1, -0.05) is 30.7 Å². The average molecular weight is 232 g/mol. The van der Waals surface area contributed by atoms with E-state index in [0.717, 1.165) is 5.92 Å². The Labute approximate surface area is 102 Å². The van der Waals surface area contributed by atoms with Crippen LogP contribution in [0.25, 0.3) is 0 Å². The van der Waals surface area contributed by atoms with Crippen molar-refractivity contribution in [2.24, 2.45) is 5.92 Å². The van der Waals surface area contributed by atoms with Gasteiger partial charge in [-0.05, 0) is 31.8 Å². The average Bonchev–Trinajstić information content (AvgIpc) is 2.97. The second-order valence-corrected chi connectivity index (χ2v) is 4.42. The summed E-state index contributed by atoms with van der Waals surface area (Å²) in [6.07, 6.45) is 12.6. The minimum absolute atomic E-state index is 0.873. The number of rotatable bonds is 1. The maximum Gasteiger partial charge on any atom is 0.0690 e. The van der Waals surface area contributed by atoms with Gasteiger partial charge in [0.25, 0.3) is 0 Å². The molecule has 1 aliphatic carbocycles. The Kier molecular flexibility index (Phi) is 4.50. The monoisotopic (exact) mass is 232 g/mol. The van der Waals surface area contributed by atoms with E-state index in [0.29, 0.717) is 0 Å². The van der Waals surface area contributed by atoms with Crippen LogP contribution in [0, 0.1) is 5.92 Å². The maximum absolute atomic E-state index is 3.49. The molecule has 1 unspecified atom stereocenters. The molecular weight excluding hydrogens is 212 g/mol. The van der Waals surface area contributed by atoms with Crippen LogP contribution in [0.15, 0.2) is 36.2 Å². The van der Waals surface area contributed by atoms with Crippen LogP contribution in [0.3, 0.4) is 0 Å². The van der Waals surface area contributed by atoms with Crippen LogP contribution in [0.4, 0.5) is 0 Å². The van der Waals surface area contributed by atoms with Gasteiger partial charge >= 0.3 is 0 Å². The largest absolute Gasteiger partial charge is 0.300 e. The van der Waals surface area contributed by atoms with Crippen molar-refractivity contribution in [3.8, 4) is 0 Å². The fourth-order valence-electron chi connectivity index (χ4n) is 2.32. The molecule has 0 spiro atoms. The van der Waals surface area contributed by atoms with Gasteiger partial charge in [-0.3, -0.25) is 4.90 Å². The second kappa shape index (κ2) is 6.35. The molecule has 1 N–H and O–H groups in total. The predicted molar refractivity (Wildman–Crippen MR) is 68.4 cm³/mol. The highest BCUT2D eigenvalue weighted by Gasteiger charge is 2.22. The van der Waals surface area contributed by atoms with Crippen LogP contribution >= 0.6 is 0 Å². The van der Waals surface area contributed by atoms with Gasteiger partial charge < -0.3 is 0 Å². The van der Waals surface area contributed by atoms with E-state index < -0.39 is 0 Å². The number of fused-ring (bicyclic) bond motifs is 1. The van der Waals surface area contributed by atoms with Gasteiger partial charge in [0.2, 0.25) is 0 Å². The first-order valence-electron chi connectivity index (χ1n) is 6.28. The molecule has 17 heavy (non-hydrogen) atoms. The smallest absolute Gasteiger partial charge is 0.0690 e. The van der Waals surface area contributed by atoms with Gasteiger partial charge in [0.15, 0.2) is 0 Å². The summed E-state index contributed by atoms with van der Waals surface area (Å²) < 4.78 is 0. The van der Waals surface area contributed by atoms with Crippen molar-refractivity contribution in [3.63, 3.8) is 0 Å². The normalized spacial score (nSPS) is 23.4. The SMILES string of the molecule is CCN1CCC2CC=CC=C2C1.c1cn[nH]n1. The number of nitrogens with zero attached hydrogens (tertiary/aromatic N) is 3. The lowest BCUT2D eigenvalue weighted by Gasteiger charge is -2.34. The number of likely N-dealkylation sites (tertiary alicyclic amines) is 1. The minimum Gasteiger partial charge on any atom is -0.300 e. The Morgan fingerprint density at radius 1 is 1.41 bits per heavy atom. The number of hydrogen-bond donors (Lipinski definition) is 1. The number of aromatic nitrogens is 3. The first-order chi connectivity index (χ1) is 8.40. The summed E-state index contributed by atoms with van der Waals surface area (Å²) in [5, 5.41) is 9.33. The molecule has 1 saturated heterocycles. The van der Waals surface area contributed by atoms with Crippen molar-refractivity contribution in [2.75, 3.05) is 19.6 Å². The summed E-state index contributed by atoms with van der Waals surface area (Å²) in [5.74, 6) is 0.873. The Hall–Kier alpha value is -1.42. The third-order valence-corrected chi connectivity index (χ3v) is 3.37. The van der Waals surface area contributed by atoms with E-state index in [9.17, 15) is 0 Å². The van der Waals surface area contributed by atoms with Gasteiger partial charge in [-0.15, -0.1) is 0 Å². The van der Waals surface area contributed by atoms with Crippen LogP contribution in [-0.4, -0.2) is 39.9 Å². The van der Waals surface area contributed by atoms with Gasteiger partial charge in [-0.25, -0.2) is 0 Å². The van der Waals surface area contributed by atoms with E-state index in [1.54, 1.807) is 18.0 Å². The molecule has 92 valence electrons. The zero-order valence-corrected chi connectivity index (χ0v) is 10.3. The quantitative estimate of drug-likeness (QED) is 0.805. The molecule has 1 fully saturated rings. The van der Waals surface area contributed by atoms with Crippen molar-refractivity contribution < 1.29 is 0 Å². The van der Waals surface area contributed by atoms with Gasteiger partial charge in [0.1, 0.15) is 0 Å². The highest BCUT2D eigenvalue weighted by atomic mass is 15.3. The molecule has 1 aromatic heterocycles. The lowest BCUT2D eigenvalue weighted by atomic mass is 9.85. The van der Waals surface area contributed by atoms with E-state index in [-0.39, 0.29) is 0 Å². The topological polar surface area (TPSA) is 44.8 Å². The summed E-state index contributed by atoms with van der Waals surface area (Å²) in [6, 6.07) is 0. The molecule has 1 aliphatic heterocycles. The van der Waals surface area contributed by atoms with E-state index in [1.165, 1.54) is 32.5 Å². The summed E-state index contributed by atoms with van der Waals surface area (Å²) in [6.45, 7) is 5.96. The third-order valence-electron chi connectivity index (χ3n) is 3.37. The van der Waals surface area contributed by atoms with Crippen molar-refractivity contribution in [3.05, 3.63) is 36.2 Å². The number of hydrogen-bond acceptors (Lipinski definition) is 3. The summed E-state index contributed by atoms with van der Waals surface area (Å²) >= 11 is 0. The first kappa shape index (κ1) is 12.0. The number of nitrogens with one attached hydrogen (secondary N) is 1. The van der Waals surface area contributed by atoms with Crippen molar-refractivity contribution in [1.29, 1.82) is 0 Å². The molecular formula is C13H20N4. The number of H-pyrrole nitrogens is 1. The molecule has 4 heteroatoms. The zero-order valence-electron chi connectivity index (χ0n) is 10.3. The Bertz CT molecular complexity index is 350. The van der Waals surface area contributed by atoms with Gasteiger partial charge in [-0.2, -0.15) is 15.4 Å². The molecule has 1 aromatic rings. The second-order valence-electron chi connectivity index (χ2n) is 4.42. The van der Waals surface area contributed by atoms with Gasteiger partial charge in [0.05, 0.1) is 12.4 Å². The van der Waals surface area contributed by atoms with Gasteiger partial charge in [0, 0.05) is 6.54 Å². The summed E-state index contributed by atoms with van der Waals surface area (Å²) in [7, 11) is 0. The summed E-state index contributed by atoms with van der Waals surface area (Å²) in [5.41, 5.74) is 1.66. The molecule has 2 heterocycles. The minimum atomic E-state index is 0.873. The number of piperidine rings is 1. The molecule has 0 saturated carbocycles. The fraction of sp³-hybridized carbons (Fsp3) is 0.538. The standard InChI is InChI=1S/C11H17N.C2H3N3/c1-2-12-8-7-10-5-3-4-6-11(10)9-12;1-2-4-5-3-1/h3-4,6,10H,2,5,7-9H2,1H3;1-2H,(H,3,4,5). The Balaban J connectivity index is 0.000000181. The van der Waals surface area contributed by atoms with Crippen LogP contribution in [0.2, 0.25) is 0 Å². The Morgan fingerprint density at radius 2 is 2.24 bits per heavy atom. The van der Waals surface area contributed by atoms with E-state index in [2.05, 4.69) is 45.5 Å². The molecule has 2 aliphatic rings. The lowest BCUT2D eigenvalue weighted by molar-refractivity contribution is 0.244. The third kappa shape index (κ3) is 3.53. The van der Waals surface area contributed by atoms with Crippen LogP contribution in [-0.2, 0) is 0 Å². The first-order valence-corrected chi connectivity index (χ1v) is 6.28. The molecule has 0 bridgehead atoms. The zero-order chi connectivity index (χ0) is 11.9. The maximum atomic E-state index is 3.49. The van der Waals surface area contributed by atoms with Crippen LogP contribution < -0.4 is 0 Å². The van der Waals surface area contributed by atoms with Crippen LogP contribution in [0.5, 0.6) is 0 Å². The van der Waals surface area contributed by atoms with Crippen LogP contribution in [0.1, 0.15) is 19.8 Å². The van der Waals surface area contributed by atoms with E-state index in [4.69, 9.17) is 0 Å². The number of aromatic amines is 1. The molecule has 0 radical (unpaired) electrons. The predicted octanol–water partition coefficient (Wildman–Crippen LogP) is 2.02. The molecule has 0 amide bonds. The highest BCUT2D eigenvalue weighted by molar-refractivity contribution is 5.23. The van der Waals surface area contributed by atoms with E-state index >= 15 is 0 Å².